The van der Waals surface area contributed by atoms with Crippen LogP contribution in [0.2, 0.25) is 0 Å². The van der Waals surface area contributed by atoms with Crippen molar-refractivity contribution in [2.24, 2.45) is 0 Å². The van der Waals surface area contributed by atoms with Crippen LogP contribution in [0.4, 0.5) is 0 Å². The Labute approximate surface area is 69.4 Å². The van der Waals surface area contributed by atoms with Crippen LogP contribution in [0.1, 0.15) is 11.4 Å². The average molecular weight is 159 g/mol. The second-order valence-electron chi connectivity index (χ2n) is 2.66. The van der Waals surface area contributed by atoms with E-state index in [1.54, 1.807) is 12.1 Å². The molecule has 1 aromatic heterocycles. The molecule has 59 valence electrons. The summed E-state index contributed by atoms with van der Waals surface area (Å²) in [5.41, 5.74) is 2.30. The van der Waals surface area contributed by atoms with Crippen LogP contribution in [0.15, 0.2) is 18.2 Å². The van der Waals surface area contributed by atoms with Crippen molar-refractivity contribution in [3.63, 3.8) is 0 Å². The van der Waals surface area contributed by atoms with Gasteiger partial charge in [-0.1, -0.05) is 0 Å². The van der Waals surface area contributed by atoms with E-state index in [4.69, 9.17) is 0 Å². The number of hydrogen-bond donors (Lipinski definition) is 1. The van der Waals surface area contributed by atoms with Crippen molar-refractivity contribution in [2.75, 3.05) is 0 Å². The van der Waals surface area contributed by atoms with Crippen molar-refractivity contribution in [1.82, 2.24) is 9.97 Å². The fourth-order valence-corrected chi connectivity index (χ4v) is 1.20. The third kappa shape index (κ3) is 0.993. The van der Waals surface area contributed by atoms with E-state index >= 15 is 0 Å². The fraction of sp³-hybridized carbons (Fsp3) is 0.111. The molecule has 0 aliphatic heterocycles. The lowest BCUT2D eigenvalue weighted by molar-refractivity contribution is 0.563. The molecule has 3 nitrogen and oxygen atoms in total. The van der Waals surface area contributed by atoms with Gasteiger partial charge in [0.25, 0.3) is 0 Å². The lowest BCUT2D eigenvalue weighted by Crippen LogP contribution is -1.78. The molecule has 1 heterocycles. The number of H-pyrrole nitrogens is 1. The van der Waals surface area contributed by atoms with Crippen LogP contribution in [0, 0.1) is 6.92 Å². The van der Waals surface area contributed by atoms with Gasteiger partial charge in [-0.2, -0.15) is 0 Å². The molecule has 2 aromatic rings. The van der Waals surface area contributed by atoms with E-state index in [1.165, 1.54) is 0 Å². The third-order valence-corrected chi connectivity index (χ3v) is 1.72. The number of nitrogens with zero attached hydrogens (tertiary/aromatic N) is 1. The van der Waals surface area contributed by atoms with Gasteiger partial charge < -0.3 is 4.98 Å². The number of aromatic amines is 1. The summed E-state index contributed by atoms with van der Waals surface area (Å²) in [5.74, 6) is 0.855. The van der Waals surface area contributed by atoms with E-state index in [0.29, 0.717) is 5.56 Å². The largest absolute Gasteiger partial charge is 0.342 e. The molecule has 0 unspecified atom stereocenters. The number of imidazole rings is 1. The zero-order chi connectivity index (χ0) is 8.55. The Morgan fingerprint density at radius 1 is 1.50 bits per heavy atom. The Kier molecular flexibility index (Phi) is 1.43. The molecule has 0 saturated heterocycles. The van der Waals surface area contributed by atoms with Crippen molar-refractivity contribution in [3.05, 3.63) is 29.6 Å². The number of fused-ring (bicyclic) bond motifs is 1. The highest BCUT2D eigenvalue weighted by molar-refractivity contribution is 5.84. The summed E-state index contributed by atoms with van der Waals surface area (Å²) in [7, 11) is 0. The number of aryl methyl sites for hydroxylation is 1. The number of benzene rings is 1. The van der Waals surface area contributed by atoms with E-state index < -0.39 is 0 Å². The van der Waals surface area contributed by atoms with Gasteiger partial charge in [0.1, 0.15) is 5.82 Å². The molecule has 0 bridgehead atoms. The van der Waals surface area contributed by atoms with Crippen molar-refractivity contribution >= 4 is 17.3 Å². The summed E-state index contributed by atoms with van der Waals surface area (Å²) in [5, 5.41) is 0. The van der Waals surface area contributed by atoms with Gasteiger partial charge in [0.05, 0.1) is 11.0 Å². The second-order valence-corrected chi connectivity index (χ2v) is 2.66. The predicted molar refractivity (Wildman–Crippen MR) is 45.6 cm³/mol. The van der Waals surface area contributed by atoms with Crippen molar-refractivity contribution in [3.8, 4) is 0 Å². The Morgan fingerprint density at radius 2 is 2.33 bits per heavy atom. The first-order valence-corrected chi connectivity index (χ1v) is 3.64. The van der Waals surface area contributed by atoms with Crippen LogP contribution < -0.4 is 0 Å². The topological polar surface area (TPSA) is 45.8 Å². The molecule has 0 fully saturated rings. The highest BCUT2D eigenvalue weighted by Crippen LogP contribution is 2.11. The quantitative estimate of drug-likeness (QED) is 0.682. The smallest absolute Gasteiger partial charge is 0.233 e. The van der Waals surface area contributed by atoms with Crippen molar-refractivity contribution in [2.45, 2.75) is 6.92 Å². The molecule has 0 saturated carbocycles. The molecule has 2 rings (SSSR count). The summed E-state index contributed by atoms with van der Waals surface area (Å²) < 4.78 is 0. The van der Waals surface area contributed by atoms with E-state index in [-0.39, 0.29) is 0 Å². The molecule has 1 radical (unpaired) electrons. The molecule has 0 atom stereocenters. The van der Waals surface area contributed by atoms with E-state index in [2.05, 4.69) is 9.97 Å². The van der Waals surface area contributed by atoms with Crippen LogP contribution in [0.3, 0.4) is 0 Å². The maximum atomic E-state index is 10.3. The third-order valence-electron chi connectivity index (χ3n) is 1.72. The van der Waals surface area contributed by atoms with Gasteiger partial charge in [0.2, 0.25) is 6.29 Å². The minimum absolute atomic E-state index is 0.536. The summed E-state index contributed by atoms with van der Waals surface area (Å²) in [6.45, 7) is 1.88. The normalized spacial score (nSPS) is 10.4. The standard InChI is InChI=1S/C9H7N2O/c1-6-10-8-3-2-7(5-12)4-9(8)11-6/h2-4H,1H3,(H,10,11). The Morgan fingerprint density at radius 3 is 3.08 bits per heavy atom. The average Bonchev–Trinajstić information content (AvgIpc) is 2.43. The Balaban J connectivity index is 2.74. The lowest BCUT2D eigenvalue weighted by atomic mass is 10.2. The van der Waals surface area contributed by atoms with Gasteiger partial charge in [-0.15, -0.1) is 0 Å². The molecule has 3 heteroatoms. The fourth-order valence-electron chi connectivity index (χ4n) is 1.20. The molecular formula is C9H7N2O. The van der Waals surface area contributed by atoms with Gasteiger partial charge in [0.15, 0.2) is 0 Å². The van der Waals surface area contributed by atoms with E-state index in [1.807, 2.05) is 19.3 Å². The van der Waals surface area contributed by atoms with E-state index in [9.17, 15) is 4.79 Å². The summed E-state index contributed by atoms with van der Waals surface area (Å²) in [6, 6.07) is 5.26. The molecule has 1 N–H and O–H groups in total. The molecule has 0 aliphatic carbocycles. The van der Waals surface area contributed by atoms with Crippen LogP contribution >= 0.6 is 0 Å². The highest BCUT2D eigenvalue weighted by atomic mass is 16.1. The maximum absolute atomic E-state index is 10.3. The van der Waals surface area contributed by atoms with E-state index in [0.717, 1.165) is 16.9 Å². The first-order chi connectivity index (χ1) is 5.79. The van der Waals surface area contributed by atoms with Crippen molar-refractivity contribution in [1.29, 1.82) is 0 Å². The molecule has 0 spiro atoms. The SMILES string of the molecule is Cc1nc2cc([C]=O)ccc2[nH]1. The number of carbonyl (C=O) groups excluding carboxylic acids is 1. The van der Waals surface area contributed by atoms with Gasteiger partial charge in [-0.25, -0.2) is 4.98 Å². The molecule has 12 heavy (non-hydrogen) atoms. The first-order valence-electron chi connectivity index (χ1n) is 3.64. The zero-order valence-corrected chi connectivity index (χ0v) is 6.59. The molecular weight excluding hydrogens is 152 g/mol. The molecule has 0 amide bonds. The highest BCUT2D eigenvalue weighted by Gasteiger charge is 1.99. The number of aromatic nitrogens is 2. The van der Waals surface area contributed by atoms with Crippen molar-refractivity contribution < 1.29 is 4.79 Å². The number of hydrogen-bond acceptors (Lipinski definition) is 2. The maximum Gasteiger partial charge on any atom is 0.233 e. The summed E-state index contributed by atoms with van der Waals surface area (Å²) >= 11 is 0. The Hall–Kier alpha value is -1.64. The number of rotatable bonds is 1. The van der Waals surface area contributed by atoms with Crippen LogP contribution in [-0.4, -0.2) is 16.3 Å². The van der Waals surface area contributed by atoms with Crippen LogP contribution in [0.25, 0.3) is 11.0 Å². The molecule has 1 aromatic carbocycles. The van der Waals surface area contributed by atoms with Crippen LogP contribution in [-0.2, 0) is 4.79 Å². The van der Waals surface area contributed by atoms with Gasteiger partial charge in [0, 0.05) is 5.56 Å². The first kappa shape index (κ1) is 7.03. The second kappa shape index (κ2) is 2.44. The van der Waals surface area contributed by atoms with Gasteiger partial charge >= 0.3 is 0 Å². The van der Waals surface area contributed by atoms with Crippen LogP contribution in [0.5, 0.6) is 0 Å². The van der Waals surface area contributed by atoms with Gasteiger partial charge in [-0.3, -0.25) is 4.79 Å². The minimum Gasteiger partial charge on any atom is -0.342 e. The minimum atomic E-state index is 0.536. The van der Waals surface area contributed by atoms with Gasteiger partial charge in [-0.05, 0) is 25.1 Å². The number of nitrogens with one attached hydrogen (secondary N) is 1. The Bertz CT molecular complexity index is 431. The predicted octanol–water partition coefficient (Wildman–Crippen LogP) is 1.33. The summed E-state index contributed by atoms with van der Waals surface area (Å²) in [4.78, 5) is 17.6. The lowest BCUT2D eigenvalue weighted by Gasteiger charge is -1.87. The zero-order valence-electron chi connectivity index (χ0n) is 6.59. The monoisotopic (exact) mass is 159 g/mol. The molecule has 0 aliphatic rings. The summed E-state index contributed by atoms with van der Waals surface area (Å²) in [6.07, 6.45) is 1.82.